The van der Waals surface area contributed by atoms with Gasteiger partial charge < -0.3 is 10.1 Å². The van der Waals surface area contributed by atoms with Crippen LogP contribution in [0.15, 0.2) is 24.4 Å². The van der Waals surface area contributed by atoms with Gasteiger partial charge in [-0.3, -0.25) is 9.89 Å². The molecule has 2 aromatic rings. The minimum absolute atomic E-state index is 0.123. The number of aromatic amines is 1. The number of aromatic nitrogens is 2. The van der Waals surface area contributed by atoms with Crippen molar-refractivity contribution in [1.82, 2.24) is 10.2 Å². The maximum atomic E-state index is 13.7. The van der Waals surface area contributed by atoms with Crippen LogP contribution in [0.25, 0.3) is 0 Å². The Morgan fingerprint density at radius 1 is 1.53 bits per heavy atom. The Balaban J connectivity index is 2.30. The number of amides is 1. The number of benzene rings is 1. The molecule has 19 heavy (non-hydrogen) atoms. The van der Waals surface area contributed by atoms with Gasteiger partial charge in [-0.05, 0) is 18.6 Å². The molecule has 100 valence electrons. The van der Waals surface area contributed by atoms with Gasteiger partial charge in [0.15, 0.2) is 0 Å². The van der Waals surface area contributed by atoms with Gasteiger partial charge in [-0.15, -0.1) is 0 Å². The van der Waals surface area contributed by atoms with Gasteiger partial charge in [-0.2, -0.15) is 5.10 Å². The molecule has 0 saturated heterocycles. The van der Waals surface area contributed by atoms with E-state index >= 15 is 0 Å². The number of carbonyl (C=O) groups excluding carboxylic acids is 1. The summed E-state index contributed by atoms with van der Waals surface area (Å²) in [5.74, 6) is -0.545. The molecule has 0 spiro atoms. The zero-order chi connectivity index (χ0) is 13.8. The zero-order valence-corrected chi connectivity index (χ0v) is 10.7. The number of methoxy groups -OCH3 is 1. The van der Waals surface area contributed by atoms with E-state index in [1.54, 1.807) is 6.20 Å². The van der Waals surface area contributed by atoms with Crippen LogP contribution in [0.4, 0.5) is 10.2 Å². The van der Waals surface area contributed by atoms with Gasteiger partial charge in [-0.1, -0.05) is 13.0 Å². The third-order valence-electron chi connectivity index (χ3n) is 2.76. The van der Waals surface area contributed by atoms with Crippen LogP contribution < -0.4 is 10.1 Å². The van der Waals surface area contributed by atoms with Crippen molar-refractivity contribution in [3.63, 3.8) is 0 Å². The van der Waals surface area contributed by atoms with E-state index in [1.165, 1.54) is 25.3 Å². The Labute approximate surface area is 109 Å². The lowest BCUT2D eigenvalue weighted by Crippen LogP contribution is -2.16. The number of hydrogen-bond acceptors (Lipinski definition) is 3. The highest BCUT2D eigenvalue weighted by atomic mass is 19.1. The SMILES string of the molecule is CCc1cn[nH]c1NC(=O)c1c(F)cccc1OC. The predicted octanol–water partition coefficient (Wildman–Crippen LogP) is 2.37. The molecule has 0 atom stereocenters. The molecule has 2 rings (SSSR count). The van der Waals surface area contributed by atoms with Gasteiger partial charge in [0.1, 0.15) is 22.9 Å². The van der Waals surface area contributed by atoms with E-state index in [0.29, 0.717) is 12.2 Å². The molecule has 0 unspecified atom stereocenters. The fourth-order valence-electron chi connectivity index (χ4n) is 1.76. The standard InChI is InChI=1S/C13H14FN3O2/c1-3-8-7-15-17-12(8)16-13(18)11-9(14)5-4-6-10(11)19-2/h4-7H,3H2,1-2H3,(H2,15,16,17,18). The Kier molecular flexibility index (Phi) is 3.79. The molecule has 1 aromatic heterocycles. The number of rotatable bonds is 4. The first kappa shape index (κ1) is 13.1. The summed E-state index contributed by atoms with van der Waals surface area (Å²) in [7, 11) is 1.39. The summed E-state index contributed by atoms with van der Waals surface area (Å²) >= 11 is 0. The average Bonchev–Trinajstić information content (AvgIpc) is 2.85. The van der Waals surface area contributed by atoms with Crippen molar-refractivity contribution in [2.45, 2.75) is 13.3 Å². The van der Waals surface area contributed by atoms with E-state index in [9.17, 15) is 9.18 Å². The quantitative estimate of drug-likeness (QED) is 0.889. The van der Waals surface area contributed by atoms with Crippen molar-refractivity contribution in [2.24, 2.45) is 0 Å². The predicted molar refractivity (Wildman–Crippen MR) is 68.9 cm³/mol. The Morgan fingerprint density at radius 3 is 3.00 bits per heavy atom. The Bertz CT molecular complexity index is 595. The van der Waals surface area contributed by atoms with Crippen molar-refractivity contribution in [2.75, 3.05) is 12.4 Å². The summed E-state index contributed by atoms with van der Waals surface area (Å²) in [5.41, 5.74) is 0.727. The third-order valence-corrected chi connectivity index (χ3v) is 2.76. The van der Waals surface area contributed by atoms with Crippen molar-refractivity contribution < 1.29 is 13.9 Å². The number of carbonyl (C=O) groups is 1. The van der Waals surface area contributed by atoms with Gasteiger partial charge in [0, 0.05) is 5.56 Å². The molecule has 0 aliphatic rings. The molecule has 2 N–H and O–H groups in total. The van der Waals surface area contributed by atoms with Crippen LogP contribution in [0, 0.1) is 5.82 Å². The maximum Gasteiger partial charge on any atom is 0.263 e. The number of H-pyrrole nitrogens is 1. The summed E-state index contributed by atoms with van der Waals surface area (Å²) in [5, 5.41) is 9.11. The van der Waals surface area contributed by atoms with E-state index in [2.05, 4.69) is 15.5 Å². The molecular weight excluding hydrogens is 249 g/mol. The largest absolute Gasteiger partial charge is 0.496 e. The smallest absolute Gasteiger partial charge is 0.263 e. The van der Waals surface area contributed by atoms with Gasteiger partial charge in [0.25, 0.3) is 5.91 Å². The lowest BCUT2D eigenvalue weighted by atomic mass is 10.1. The molecule has 1 aromatic carbocycles. The van der Waals surface area contributed by atoms with Crippen molar-refractivity contribution in [3.8, 4) is 5.75 Å². The molecule has 1 heterocycles. The first-order valence-electron chi connectivity index (χ1n) is 5.83. The van der Waals surface area contributed by atoms with E-state index in [0.717, 1.165) is 5.56 Å². The molecule has 6 heteroatoms. The number of ether oxygens (including phenoxy) is 1. The summed E-state index contributed by atoms with van der Waals surface area (Å²) in [6, 6.07) is 4.23. The Hall–Kier alpha value is -2.37. The molecule has 5 nitrogen and oxygen atoms in total. The van der Waals surface area contributed by atoms with Crippen molar-refractivity contribution in [1.29, 1.82) is 0 Å². The number of aryl methyl sites for hydroxylation is 1. The van der Waals surface area contributed by atoms with Gasteiger partial charge in [0.2, 0.25) is 0 Å². The zero-order valence-electron chi connectivity index (χ0n) is 10.7. The number of nitrogens with one attached hydrogen (secondary N) is 2. The van der Waals surface area contributed by atoms with Crippen LogP contribution in [0.2, 0.25) is 0 Å². The highest BCUT2D eigenvalue weighted by Crippen LogP contribution is 2.22. The summed E-state index contributed by atoms with van der Waals surface area (Å²) < 4.78 is 18.7. The summed E-state index contributed by atoms with van der Waals surface area (Å²) in [4.78, 5) is 12.1. The monoisotopic (exact) mass is 263 g/mol. The van der Waals surface area contributed by atoms with E-state index in [4.69, 9.17) is 4.74 Å². The molecule has 0 saturated carbocycles. The van der Waals surface area contributed by atoms with E-state index in [-0.39, 0.29) is 11.3 Å². The maximum absolute atomic E-state index is 13.7. The van der Waals surface area contributed by atoms with Gasteiger partial charge in [0.05, 0.1) is 13.3 Å². The third kappa shape index (κ3) is 2.57. The molecule has 0 bridgehead atoms. The van der Waals surface area contributed by atoms with Crippen LogP contribution >= 0.6 is 0 Å². The summed E-state index contributed by atoms with van der Waals surface area (Å²) in [6.45, 7) is 1.93. The molecule has 0 aliphatic heterocycles. The van der Waals surface area contributed by atoms with Gasteiger partial charge >= 0.3 is 0 Å². The van der Waals surface area contributed by atoms with Crippen molar-refractivity contribution >= 4 is 11.7 Å². The van der Waals surface area contributed by atoms with Crippen LogP contribution in [0.3, 0.4) is 0 Å². The fourth-order valence-corrected chi connectivity index (χ4v) is 1.76. The molecule has 0 aliphatic carbocycles. The van der Waals surface area contributed by atoms with Crippen LogP contribution in [-0.4, -0.2) is 23.2 Å². The first-order chi connectivity index (χ1) is 9.17. The molecule has 0 fully saturated rings. The van der Waals surface area contributed by atoms with Crippen LogP contribution in [0.1, 0.15) is 22.8 Å². The summed E-state index contributed by atoms with van der Waals surface area (Å²) in [6.07, 6.45) is 2.33. The number of hydrogen-bond donors (Lipinski definition) is 2. The number of halogens is 1. The lowest BCUT2D eigenvalue weighted by molar-refractivity contribution is 0.101. The van der Waals surface area contributed by atoms with Crippen LogP contribution in [-0.2, 0) is 6.42 Å². The fraction of sp³-hybridized carbons (Fsp3) is 0.231. The Morgan fingerprint density at radius 2 is 2.32 bits per heavy atom. The topological polar surface area (TPSA) is 67.0 Å². The first-order valence-corrected chi connectivity index (χ1v) is 5.83. The number of nitrogens with zero attached hydrogens (tertiary/aromatic N) is 1. The second-order valence-electron chi connectivity index (χ2n) is 3.90. The second kappa shape index (κ2) is 5.51. The highest BCUT2D eigenvalue weighted by molar-refractivity contribution is 6.06. The van der Waals surface area contributed by atoms with Crippen LogP contribution in [0.5, 0.6) is 5.75 Å². The minimum atomic E-state index is -0.630. The average molecular weight is 263 g/mol. The second-order valence-corrected chi connectivity index (χ2v) is 3.90. The molecule has 1 amide bonds. The molecule has 0 radical (unpaired) electrons. The van der Waals surface area contributed by atoms with E-state index < -0.39 is 11.7 Å². The van der Waals surface area contributed by atoms with Crippen molar-refractivity contribution in [3.05, 3.63) is 41.3 Å². The van der Waals surface area contributed by atoms with Gasteiger partial charge in [-0.25, -0.2) is 4.39 Å². The lowest BCUT2D eigenvalue weighted by Gasteiger charge is -2.09. The highest BCUT2D eigenvalue weighted by Gasteiger charge is 2.18. The normalized spacial score (nSPS) is 10.3. The van der Waals surface area contributed by atoms with E-state index in [1.807, 2.05) is 6.92 Å². The minimum Gasteiger partial charge on any atom is -0.496 e. The number of anilines is 1. The molecular formula is C13H14FN3O2.